The number of halogens is 1. The van der Waals surface area contributed by atoms with Crippen LogP contribution in [0.4, 0.5) is 10.1 Å². The van der Waals surface area contributed by atoms with Gasteiger partial charge in [0.15, 0.2) is 0 Å². The maximum atomic E-state index is 14.2. The monoisotopic (exact) mass is 292 g/mol. The summed E-state index contributed by atoms with van der Waals surface area (Å²) in [6.45, 7) is 4.85. The minimum Gasteiger partial charge on any atom is -0.491 e. The van der Waals surface area contributed by atoms with Gasteiger partial charge in [-0.3, -0.25) is 0 Å². The molecule has 2 aliphatic rings. The standard InChI is InChI=1S/C17H25FN2O/c1-19-11-7-14(8-12-19)13-21-16-6-4-5-15(18)17(16)20-9-2-3-10-20/h4-6,14H,2-3,7-13H2,1H3. The molecular formula is C17H25FN2O. The van der Waals surface area contributed by atoms with Gasteiger partial charge in [-0.2, -0.15) is 0 Å². The van der Waals surface area contributed by atoms with E-state index in [-0.39, 0.29) is 5.82 Å². The van der Waals surface area contributed by atoms with Gasteiger partial charge in [0.25, 0.3) is 0 Å². The molecule has 3 rings (SSSR count). The number of anilines is 1. The molecule has 1 aromatic rings. The van der Waals surface area contributed by atoms with Crippen molar-refractivity contribution in [3.63, 3.8) is 0 Å². The average Bonchev–Trinajstić information content (AvgIpc) is 3.00. The summed E-state index contributed by atoms with van der Waals surface area (Å²) >= 11 is 0. The van der Waals surface area contributed by atoms with Gasteiger partial charge in [0.1, 0.15) is 17.3 Å². The Morgan fingerprint density at radius 2 is 1.86 bits per heavy atom. The Balaban J connectivity index is 1.66. The molecule has 116 valence electrons. The van der Waals surface area contributed by atoms with E-state index in [9.17, 15) is 4.39 Å². The smallest absolute Gasteiger partial charge is 0.150 e. The van der Waals surface area contributed by atoms with Crippen molar-refractivity contribution in [3.05, 3.63) is 24.0 Å². The molecule has 0 amide bonds. The number of hydrogen-bond donors (Lipinski definition) is 0. The predicted molar refractivity (Wildman–Crippen MR) is 83.6 cm³/mol. The van der Waals surface area contributed by atoms with Gasteiger partial charge in [0.05, 0.1) is 6.61 Å². The summed E-state index contributed by atoms with van der Waals surface area (Å²) in [5, 5.41) is 0. The number of hydrogen-bond acceptors (Lipinski definition) is 3. The van der Waals surface area contributed by atoms with E-state index in [1.54, 1.807) is 6.07 Å². The molecule has 0 bridgehead atoms. The highest BCUT2D eigenvalue weighted by molar-refractivity contribution is 5.60. The fourth-order valence-electron chi connectivity index (χ4n) is 3.30. The van der Waals surface area contributed by atoms with Crippen LogP contribution in [0.15, 0.2) is 18.2 Å². The number of likely N-dealkylation sites (tertiary alicyclic amines) is 1. The van der Waals surface area contributed by atoms with Crippen LogP contribution >= 0.6 is 0 Å². The van der Waals surface area contributed by atoms with Gasteiger partial charge in [-0.25, -0.2) is 4.39 Å². The lowest BCUT2D eigenvalue weighted by Crippen LogP contribution is -2.32. The SMILES string of the molecule is CN1CCC(COc2cccc(F)c2N2CCCC2)CC1. The summed E-state index contributed by atoms with van der Waals surface area (Å²) in [5.74, 6) is 1.16. The highest BCUT2D eigenvalue weighted by atomic mass is 19.1. The fourth-order valence-corrected chi connectivity index (χ4v) is 3.30. The van der Waals surface area contributed by atoms with E-state index in [4.69, 9.17) is 4.74 Å². The van der Waals surface area contributed by atoms with Crippen LogP contribution < -0.4 is 9.64 Å². The molecular weight excluding hydrogens is 267 g/mol. The molecule has 0 aliphatic carbocycles. The van der Waals surface area contributed by atoms with Gasteiger partial charge < -0.3 is 14.5 Å². The van der Waals surface area contributed by atoms with E-state index in [1.807, 2.05) is 6.07 Å². The molecule has 0 aromatic heterocycles. The van der Waals surface area contributed by atoms with Crippen LogP contribution in [0.25, 0.3) is 0 Å². The van der Waals surface area contributed by atoms with Crippen LogP contribution in [-0.4, -0.2) is 44.7 Å². The first kappa shape index (κ1) is 14.6. The summed E-state index contributed by atoms with van der Waals surface area (Å²) in [6.07, 6.45) is 4.63. The summed E-state index contributed by atoms with van der Waals surface area (Å²) in [5.41, 5.74) is 0.669. The number of rotatable bonds is 4. The summed E-state index contributed by atoms with van der Waals surface area (Å²) < 4.78 is 20.2. The van der Waals surface area contributed by atoms with Crippen molar-refractivity contribution in [2.45, 2.75) is 25.7 Å². The normalized spacial score (nSPS) is 21.0. The van der Waals surface area contributed by atoms with Crippen molar-refractivity contribution >= 4 is 5.69 Å². The highest BCUT2D eigenvalue weighted by Crippen LogP contribution is 2.34. The van der Waals surface area contributed by atoms with Gasteiger partial charge in [0.2, 0.25) is 0 Å². The molecule has 2 aliphatic heterocycles. The van der Waals surface area contributed by atoms with Crippen molar-refractivity contribution in [3.8, 4) is 5.75 Å². The fraction of sp³-hybridized carbons (Fsp3) is 0.647. The molecule has 1 aromatic carbocycles. The Labute approximate surface area is 126 Å². The number of nitrogens with zero attached hydrogens (tertiary/aromatic N) is 2. The van der Waals surface area contributed by atoms with Gasteiger partial charge in [-0.05, 0) is 63.9 Å². The summed E-state index contributed by atoms with van der Waals surface area (Å²) in [4.78, 5) is 4.48. The number of benzene rings is 1. The molecule has 0 saturated carbocycles. The Morgan fingerprint density at radius 1 is 1.14 bits per heavy atom. The number of ether oxygens (including phenoxy) is 1. The van der Waals surface area contributed by atoms with E-state index < -0.39 is 0 Å². The first-order valence-electron chi connectivity index (χ1n) is 8.09. The largest absolute Gasteiger partial charge is 0.491 e. The first-order valence-corrected chi connectivity index (χ1v) is 8.09. The summed E-state index contributed by atoms with van der Waals surface area (Å²) in [7, 11) is 2.16. The molecule has 0 atom stereocenters. The molecule has 0 radical (unpaired) electrons. The zero-order valence-corrected chi connectivity index (χ0v) is 12.9. The van der Waals surface area contributed by atoms with Crippen molar-refractivity contribution in [1.82, 2.24) is 4.90 Å². The van der Waals surface area contributed by atoms with Crippen LogP contribution in [0.3, 0.4) is 0 Å². The molecule has 4 heteroatoms. The Hall–Kier alpha value is -1.29. The topological polar surface area (TPSA) is 15.7 Å². The zero-order valence-electron chi connectivity index (χ0n) is 12.9. The van der Waals surface area contributed by atoms with Crippen molar-refractivity contribution < 1.29 is 9.13 Å². The minimum absolute atomic E-state index is 0.155. The molecule has 2 saturated heterocycles. The quantitative estimate of drug-likeness (QED) is 0.848. The van der Waals surface area contributed by atoms with Crippen molar-refractivity contribution in [1.29, 1.82) is 0 Å². The third kappa shape index (κ3) is 3.49. The molecule has 2 fully saturated rings. The predicted octanol–water partition coefficient (Wildman–Crippen LogP) is 3.15. The number of para-hydroxylation sites is 1. The van der Waals surface area contributed by atoms with Crippen molar-refractivity contribution in [2.24, 2.45) is 5.92 Å². The minimum atomic E-state index is -0.155. The number of piperidine rings is 1. The Morgan fingerprint density at radius 3 is 2.57 bits per heavy atom. The lowest BCUT2D eigenvalue weighted by atomic mass is 9.98. The lowest BCUT2D eigenvalue weighted by molar-refractivity contribution is 0.160. The van der Waals surface area contributed by atoms with Gasteiger partial charge in [-0.1, -0.05) is 6.07 Å². The second-order valence-electron chi connectivity index (χ2n) is 6.34. The van der Waals surface area contributed by atoms with Crippen molar-refractivity contribution in [2.75, 3.05) is 44.7 Å². The Kier molecular flexibility index (Phi) is 4.63. The first-order chi connectivity index (χ1) is 10.2. The highest BCUT2D eigenvalue weighted by Gasteiger charge is 2.22. The van der Waals surface area contributed by atoms with Crippen LogP contribution in [0.5, 0.6) is 5.75 Å². The van der Waals surface area contributed by atoms with E-state index in [0.29, 0.717) is 18.2 Å². The third-order valence-electron chi connectivity index (χ3n) is 4.68. The van der Waals surface area contributed by atoms with E-state index in [2.05, 4.69) is 16.8 Å². The molecule has 2 heterocycles. The van der Waals surface area contributed by atoms with E-state index >= 15 is 0 Å². The van der Waals surface area contributed by atoms with Gasteiger partial charge >= 0.3 is 0 Å². The molecule has 3 nitrogen and oxygen atoms in total. The zero-order chi connectivity index (χ0) is 14.7. The Bertz CT molecular complexity index is 466. The summed E-state index contributed by atoms with van der Waals surface area (Å²) in [6, 6.07) is 5.20. The van der Waals surface area contributed by atoms with Gasteiger partial charge in [0, 0.05) is 13.1 Å². The molecule has 21 heavy (non-hydrogen) atoms. The van der Waals surface area contributed by atoms with Crippen LogP contribution in [-0.2, 0) is 0 Å². The second-order valence-corrected chi connectivity index (χ2v) is 6.34. The maximum Gasteiger partial charge on any atom is 0.150 e. The molecule has 0 N–H and O–H groups in total. The van der Waals surface area contributed by atoms with Crippen LogP contribution in [0.2, 0.25) is 0 Å². The van der Waals surface area contributed by atoms with Gasteiger partial charge in [-0.15, -0.1) is 0 Å². The van der Waals surface area contributed by atoms with E-state index in [1.165, 1.54) is 18.9 Å². The van der Waals surface area contributed by atoms with Crippen LogP contribution in [0.1, 0.15) is 25.7 Å². The lowest BCUT2D eigenvalue weighted by Gasteiger charge is -2.29. The average molecular weight is 292 g/mol. The van der Waals surface area contributed by atoms with E-state index in [0.717, 1.165) is 44.8 Å². The van der Waals surface area contributed by atoms with Crippen LogP contribution in [0, 0.1) is 11.7 Å². The maximum absolute atomic E-state index is 14.2. The second kappa shape index (κ2) is 6.65. The molecule has 0 spiro atoms. The molecule has 0 unspecified atom stereocenters. The third-order valence-corrected chi connectivity index (χ3v) is 4.68.